The van der Waals surface area contributed by atoms with Crippen LogP contribution in [0.5, 0.6) is 5.75 Å². The summed E-state index contributed by atoms with van der Waals surface area (Å²) in [5, 5.41) is 9.01. The van der Waals surface area contributed by atoms with E-state index in [-0.39, 0.29) is 17.2 Å². The lowest BCUT2D eigenvalue weighted by atomic mass is 10.0. The Hall–Kier alpha value is -1.30. The summed E-state index contributed by atoms with van der Waals surface area (Å²) >= 11 is 0. The molecule has 0 bridgehead atoms. The van der Waals surface area contributed by atoms with Crippen LogP contribution in [0.2, 0.25) is 0 Å². The average molecular weight is 261 g/mol. The van der Waals surface area contributed by atoms with Crippen molar-refractivity contribution in [2.24, 2.45) is 5.41 Å². The highest BCUT2D eigenvalue weighted by Gasteiger charge is 2.22. The normalized spacial score (nSPS) is 12.5. The molecule has 0 unspecified atom stereocenters. The number of hydrogen-bond acceptors (Lipinski definition) is 3. The van der Waals surface area contributed by atoms with Crippen LogP contribution in [0.4, 0.5) is 10.1 Å². The van der Waals surface area contributed by atoms with E-state index < -0.39 is 21.3 Å². The van der Waals surface area contributed by atoms with Crippen LogP contribution >= 0.6 is 0 Å². The number of benzene rings is 1. The lowest BCUT2D eigenvalue weighted by Gasteiger charge is -2.18. The molecule has 1 rings (SSSR count). The topological polar surface area (TPSA) is 66.4 Å². The molecule has 2 N–H and O–H groups in total. The summed E-state index contributed by atoms with van der Waals surface area (Å²) < 4.78 is 38.9. The summed E-state index contributed by atoms with van der Waals surface area (Å²) in [4.78, 5) is 0. The van der Waals surface area contributed by atoms with E-state index in [1.54, 1.807) is 20.8 Å². The first-order valence-corrected chi connectivity index (χ1v) is 6.73. The Labute approximate surface area is 101 Å². The van der Waals surface area contributed by atoms with Gasteiger partial charge in [0.15, 0.2) is 5.82 Å². The van der Waals surface area contributed by atoms with Crippen molar-refractivity contribution in [1.29, 1.82) is 0 Å². The quantitative estimate of drug-likeness (QED) is 0.821. The van der Waals surface area contributed by atoms with E-state index in [0.717, 1.165) is 6.07 Å². The Bertz CT molecular complexity index is 506. The minimum absolute atomic E-state index is 0.111. The van der Waals surface area contributed by atoms with Crippen LogP contribution in [-0.4, -0.2) is 19.3 Å². The molecule has 0 aliphatic rings. The largest absolute Gasteiger partial charge is 0.508 e. The maximum atomic E-state index is 13.3. The summed E-state index contributed by atoms with van der Waals surface area (Å²) in [7, 11) is -3.60. The molecule has 6 heteroatoms. The van der Waals surface area contributed by atoms with E-state index >= 15 is 0 Å². The number of rotatable bonds is 3. The Morgan fingerprint density at radius 3 is 2.41 bits per heavy atom. The van der Waals surface area contributed by atoms with Crippen LogP contribution in [0.1, 0.15) is 20.8 Å². The van der Waals surface area contributed by atoms with Gasteiger partial charge in [0.2, 0.25) is 10.0 Å². The minimum Gasteiger partial charge on any atom is -0.508 e. The van der Waals surface area contributed by atoms with Gasteiger partial charge >= 0.3 is 0 Å². The average Bonchev–Trinajstić information content (AvgIpc) is 2.05. The Balaban J connectivity index is 2.91. The van der Waals surface area contributed by atoms with Crippen LogP contribution in [0, 0.1) is 11.2 Å². The van der Waals surface area contributed by atoms with Gasteiger partial charge in [0.05, 0.1) is 11.4 Å². The summed E-state index contributed by atoms with van der Waals surface area (Å²) in [6.45, 7) is 5.33. The summed E-state index contributed by atoms with van der Waals surface area (Å²) in [6.07, 6.45) is 0. The Morgan fingerprint density at radius 1 is 1.35 bits per heavy atom. The number of hydrogen-bond donors (Lipinski definition) is 2. The molecular weight excluding hydrogens is 245 g/mol. The third kappa shape index (κ3) is 4.60. The second-order valence-electron chi connectivity index (χ2n) is 5.09. The van der Waals surface area contributed by atoms with Crippen molar-refractivity contribution >= 4 is 15.7 Å². The highest BCUT2D eigenvalue weighted by molar-refractivity contribution is 7.92. The second-order valence-corrected chi connectivity index (χ2v) is 6.81. The predicted octanol–water partition coefficient (Wildman–Crippen LogP) is 2.32. The molecule has 96 valence electrons. The van der Waals surface area contributed by atoms with Crippen LogP contribution in [0.3, 0.4) is 0 Å². The predicted molar refractivity (Wildman–Crippen MR) is 64.9 cm³/mol. The van der Waals surface area contributed by atoms with E-state index in [1.165, 1.54) is 12.1 Å². The molecule has 17 heavy (non-hydrogen) atoms. The summed E-state index contributed by atoms with van der Waals surface area (Å²) in [5.74, 6) is -1.16. The smallest absolute Gasteiger partial charge is 0.233 e. The molecule has 0 spiro atoms. The van der Waals surface area contributed by atoms with Gasteiger partial charge in [-0.05, 0) is 17.5 Å². The third-order valence-electron chi connectivity index (χ3n) is 1.84. The maximum Gasteiger partial charge on any atom is 0.233 e. The van der Waals surface area contributed by atoms with E-state index in [4.69, 9.17) is 5.11 Å². The lowest BCUT2D eigenvalue weighted by molar-refractivity contribution is 0.462. The van der Waals surface area contributed by atoms with Crippen molar-refractivity contribution in [3.63, 3.8) is 0 Å². The van der Waals surface area contributed by atoms with Crippen molar-refractivity contribution < 1.29 is 17.9 Å². The fraction of sp³-hybridized carbons (Fsp3) is 0.455. The number of phenolic OH excluding ortho intramolecular Hbond substituents is 1. The fourth-order valence-corrected chi connectivity index (χ4v) is 3.07. The van der Waals surface area contributed by atoms with Gasteiger partial charge in [-0.3, -0.25) is 4.72 Å². The van der Waals surface area contributed by atoms with Gasteiger partial charge in [0.25, 0.3) is 0 Å². The first kappa shape index (κ1) is 13.8. The summed E-state index contributed by atoms with van der Waals surface area (Å²) in [6, 6.07) is 3.26. The van der Waals surface area contributed by atoms with E-state index in [1.807, 2.05) is 0 Å². The zero-order valence-corrected chi connectivity index (χ0v) is 10.8. The molecule has 0 fully saturated rings. The zero-order valence-electron chi connectivity index (χ0n) is 9.99. The molecule has 0 radical (unpaired) electrons. The number of aromatic hydroxyl groups is 1. The number of sulfonamides is 1. The monoisotopic (exact) mass is 261 g/mol. The third-order valence-corrected chi connectivity index (χ3v) is 3.62. The Kier molecular flexibility index (Phi) is 3.66. The Morgan fingerprint density at radius 2 is 1.94 bits per heavy atom. The summed E-state index contributed by atoms with van der Waals surface area (Å²) in [5.41, 5.74) is -0.578. The first-order valence-electron chi connectivity index (χ1n) is 5.08. The number of phenols is 1. The SMILES string of the molecule is CC(C)(C)CS(=O)(=O)Nc1ccc(O)cc1F. The van der Waals surface area contributed by atoms with Gasteiger partial charge < -0.3 is 5.11 Å². The first-order chi connectivity index (χ1) is 7.59. The highest BCUT2D eigenvalue weighted by atomic mass is 32.2. The molecule has 0 aromatic heterocycles. The molecule has 0 heterocycles. The van der Waals surface area contributed by atoms with Crippen molar-refractivity contribution in [3.8, 4) is 5.75 Å². The van der Waals surface area contributed by atoms with E-state index in [0.29, 0.717) is 0 Å². The van der Waals surface area contributed by atoms with Crippen molar-refractivity contribution in [1.82, 2.24) is 0 Å². The molecule has 0 aliphatic carbocycles. The van der Waals surface area contributed by atoms with Gasteiger partial charge in [-0.2, -0.15) is 0 Å². The van der Waals surface area contributed by atoms with Crippen LogP contribution < -0.4 is 4.72 Å². The molecule has 4 nitrogen and oxygen atoms in total. The molecule has 0 atom stereocenters. The lowest BCUT2D eigenvalue weighted by Crippen LogP contribution is -2.26. The molecule has 0 saturated carbocycles. The van der Waals surface area contributed by atoms with Gasteiger partial charge in [-0.1, -0.05) is 20.8 Å². The van der Waals surface area contributed by atoms with E-state index in [9.17, 15) is 12.8 Å². The molecule has 0 saturated heterocycles. The second kappa shape index (κ2) is 4.52. The van der Waals surface area contributed by atoms with Gasteiger partial charge in [-0.25, -0.2) is 12.8 Å². The van der Waals surface area contributed by atoms with Crippen LogP contribution in [0.15, 0.2) is 18.2 Å². The van der Waals surface area contributed by atoms with Crippen LogP contribution in [0.25, 0.3) is 0 Å². The fourth-order valence-electron chi connectivity index (χ4n) is 1.36. The molecule has 1 aromatic rings. The van der Waals surface area contributed by atoms with Crippen molar-refractivity contribution in [3.05, 3.63) is 24.0 Å². The maximum absolute atomic E-state index is 13.3. The van der Waals surface area contributed by atoms with Gasteiger partial charge in [0, 0.05) is 6.07 Å². The molecule has 0 amide bonds. The minimum atomic E-state index is -3.60. The number of anilines is 1. The molecule has 0 aliphatic heterocycles. The highest BCUT2D eigenvalue weighted by Crippen LogP contribution is 2.22. The van der Waals surface area contributed by atoms with Gasteiger partial charge in [-0.15, -0.1) is 0 Å². The molecular formula is C11H16FNO3S. The van der Waals surface area contributed by atoms with Gasteiger partial charge in [0.1, 0.15) is 5.75 Å². The van der Waals surface area contributed by atoms with Crippen molar-refractivity contribution in [2.45, 2.75) is 20.8 Å². The zero-order chi connectivity index (χ0) is 13.3. The van der Waals surface area contributed by atoms with Crippen molar-refractivity contribution in [2.75, 3.05) is 10.5 Å². The van der Waals surface area contributed by atoms with E-state index in [2.05, 4.69) is 4.72 Å². The molecule has 1 aromatic carbocycles. The standard InChI is InChI=1S/C11H16FNO3S/c1-11(2,3)7-17(15,16)13-10-5-4-8(14)6-9(10)12/h4-6,13-14H,7H2,1-3H3. The van der Waals surface area contributed by atoms with Crippen LogP contribution in [-0.2, 0) is 10.0 Å². The number of halogens is 1. The number of nitrogens with one attached hydrogen (secondary N) is 1.